The number of rotatable bonds is 7. The number of carbonyl (C=O) groups is 1. The molecule has 3 aromatic heterocycles. The molecule has 0 bridgehead atoms. The van der Waals surface area contributed by atoms with Gasteiger partial charge >= 0.3 is 0 Å². The van der Waals surface area contributed by atoms with E-state index < -0.39 is 13.0 Å². The van der Waals surface area contributed by atoms with E-state index in [1.165, 1.54) is 24.7 Å². The fourth-order valence-corrected chi connectivity index (χ4v) is 3.55. The number of aromatic nitrogens is 5. The second kappa shape index (κ2) is 9.01. The molecule has 0 aliphatic carbocycles. The van der Waals surface area contributed by atoms with Crippen LogP contribution in [0.15, 0.2) is 31.2 Å². The quantitative estimate of drug-likeness (QED) is 0.539. The molecular weight excluding hydrogens is 422 g/mol. The van der Waals surface area contributed by atoms with Crippen LogP contribution in [0.3, 0.4) is 0 Å². The van der Waals surface area contributed by atoms with Gasteiger partial charge in [0.15, 0.2) is 0 Å². The average molecular weight is 442 g/mol. The van der Waals surface area contributed by atoms with Gasteiger partial charge in [-0.25, -0.2) is 8.78 Å². The molecule has 10 nitrogen and oxygen atoms in total. The van der Waals surface area contributed by atoms with Gasteiger partial charge in [-0.1, -0.05) is 6.58 Å². The molecule has 3 aromatic rings. The van der Waals surface area contributed by atoms with Crippen molar-refractivity contribution in [2.75, 3.05) is 18.4 Å². The van der Waals surface area contributed by atoms with Crippen molar-refractivity contribution in [3.05, 3.63) is 36.8 Å². The first kappa shape index (κ1) is 21.2. The minimum Gasteiger partial charge on any atom is -0.472 e. The number of halogens is 2. The van der Waals surface area contributed by atoms with E-state index in [4.69, 9.17) is 4.74 Å². The molecule has 4 heterocycles. The first-order valence-corrected chi connectivity index (χ1v) is 9.91. The number of nitrogens with one attached hydrogen (secondary N) is 2. The number of piperidine rings is 1. The highest BCUT2D eigenvalue weighted by molar-refractivity contribution is 5.88. The Morgan fingerprint density at radius 1 is 1.50 bits per heavy atom. The van der Waals surface area contributed by atoms with Crippen molar-refractivity contribution >= 4 is 28.6 Å². The van der Waals surface area contributed by atoms with Crippen LogP contribution in [-0.4, -0.2) is 61.2 Å². The number of fused-ring (bicyclic) bond motifs is 1. The van der Waals surface area contributed by atoms with Crippen LogP contribution in [0.4, 0.5) is 20.4 Å². The normalized spacial score (nSPS) is 16.2. The molecule has 0 aromatic carbocycles. The van der Waals surface area contributed by atoms with Crippen LogP contribution in [0.5, 0.6) is 5.88 Å². The lowest BCUT2D eigenvalue weighted by Gasteiger charge is -2.32. The molecule has 2 N–H and O–H groups in total. The summed E-state index contributed by atoms with van der Waals surface area (Å²) in [6.45, 7) is 3.98. The van der Waals surface area contributed by atoms with E-state index in [9.17, 15) is 18.8 Å². The number of ether oxygens (including phenoxy) is 1. The highest BCUT2D eigenvalue weighted by Crippen LogP contribution is 2.30. The second-order valence-electron chi connectivity index (χ2n) is 7.23. The fraction of sp³-hybridized carbons (Fsp3) is 0.350. The van der Waals surface area contributed by atoms with Crippen molar-refractivity contribution in [2.24, 2.45) is 0 Å². The van der Waals surface area contributed by atoms with E-state index in [1.54, 1.807) is 4.90 Å². The molecule has 0 spiro atoms. The molecule has 166 valence electrons. The van der Waals surface area contributed by atoms with Gasteiger partial charge in [0.05, 0.1) is 29.4 Å². The smallest absolute Gasteiger partial charge is 0.257 e. The Bertz CT molecular complexity index is 1180. The summed E-state index contributed by atoms with van der Waals surface area (Å²) < 4.78 is 32.3. The zero-order valence-corrected chi connectivity index (χ0v) is 17.0. The lowest BCUT2D eigenvalue weighted by Crippen LogP contribution is -2.43. The number of anilines is 2. The van der Waals surface area contributed by atoms with Crippen LogP contribution in [0.2, 0.25) is 0 Å². The van der Waals surface area contributed by atoms with Crippen LogP contribution in [0.1, 0.15) is 18.4 Å². The van der Waals surface area contributed by atoms with E-state index in [0.717, 1.165) is 11.1 Å². The van der Waals surface area contributed by atoms with Gasteiger partial charge in [-0.3, -0.25) is 9.48 Å². The van der Waals surface area contributed by atoms with Crippen LogP contribution in [0.25, 0.3) is 11.0 Å². The monoisotopic (exact) mass is 442 g/mol. The lowest BCUT2D eigenvalue weighted by atomic mass is 10.1. The molecule has 1 fully saturated rings. The third-order valence-electron chi connectivity index (χ3n) is 4.98. The van der Waals surface area contributed by atoms with Crippen LogP contribution in [-0.2, 0) is 11.3 Å². The van der Waals surface area contributed by atoms with E-state index in [2.05, 4.69) is 38.0 Å². The van der Waals surface area contributed by atoms with E-state index in [1.807, 2.05) is 0 Å². The maximum atomic E-state index is 12.6. The van der Waals surface area contributed by atoms with Crippen molar-refractivity contribution in [1.82, 2.24) is 29.6 Å². The van der Waals surface area contributed by atoms with Gasteiger partial charge in [0, 0.05) is 18.9 Å². The zero-order chi connectivity index (χ0) is 22.7. The molecule has 0 saturated carbocycles. The summed E-state index contributed by atoms with van der Waals surface area (Å²) in [5.74, 6) is 0.159. The first-order chi connectivity index (χ1) is 15.5. The van der Waals surface area contributed by atoms with E-state index in [0.29, 0.717) is 41.8 Å². The second-order valence-corrected chi connectivity index (χ2v) is 7.23. The number of amides is 1. The Morgan fingerprint density at radius 3 is 3.09 bits per heavy atom. The zero-order valence-electron chi connectivity index (χ0n) is 17.0. The van der Waals surface area contributed by atoms with Gasteiger partial charge in [-0.05, 0) is 18.9 Å². The summed E-state index contributed by atoms with van der Waals surface area (Å²) in [4.78, 5) is 25.3. The number of likely N-dealkylation sites (tertiary alicyclic amines) is 1. The number of nitrogens with zero attached hydrogens (tertiary/aromatic N) is 6. The third-order valence-corrected chi connectivity index (χ3v) is 4.98. The molecule has 0 radical (unpaired) electrons. The van der Waals surface area contributed by atoms with Crippen molar-refractivity contribution in [3.63, 3.8) is 0 Å². The summed E-state index contributed by atoms with van der Waals surface area (Å²) in [5, 5.41) is 16.7. The van der Waals surface area contributed by atoms with E-state index >= 15 is 0 Å². The van der Waals surface area contributed by atoms with Crippen molar-refractivity contribution < 1.29 is 18.3 Å². The molecule has 1 amide bonds. The number of hydrogen-bond acceptors (Lipinski definition) is 7. The average Bonchev–Trinajstić information content (AvgIpc) is 3.39. The Morgan fingerprint density at radius 2 is 2.34 bits per heavy atom. The summed E-state index contributed by atoms with van der Waals surface area (Å²) in [6, 6.07) is 2.08. The minimum absolute atomic E-state index is 0.144. The van der Waals surface area contributed by atoms with Crippen molar-refractivity contribution in [3.8, 4) is 11.9 Å². The number of nitriles is 1. The van der Waals surface area contributed by atoms with Crippen LogP contribution < -0.4 is 10.1 Å². The molecule has 1 aliphatic heterocycles. The SMILES string of the molecule is C=CC(=O)N1CCC[C@@H](Oc2nc(Nc3cnn(CC(F)F)c3)nc3[nH]cc(C#N)c23)C1. The summed E-state index contributed by atoms with van der Waals surface area (Å²) >= 11 is 0. The first-order valence-electron chi connectivity index (χ1n) is 9.91. The Balaban J connectivity index is 1.61. The molecule has 12 heteroatoms. The highest BCUT2D eigenvalue weighted by Gasteiger charge is 2.26. The Kier molecular flexibility index (Phi) is 5.98. The third kappa shape index (κ3) is 4.51. The Hall–Kier alpha value is -4.01. The number of carbonyl (C=O) groups excluding carboxylic acids is 1. The van der Waals surface area contributed by atoms with Crippen molar-refractivity contribution in [2.45, 2.75) is 31.9 Å². The predicted octanol–water partition coefficient (Wildman–Crippen LogP) is 2.59. The Labute approximate surface area is 181 Å². The summed E-state index contributed by atoms with van der Waals surface area (Å²) in [5.41, 5.74) is 1.12. The van der Waals surface area contributed by atoms with Crippen LogP contribution in [0, 0.1) is 11.3 Å². The topological polar surface area (TPSA) is 125 Å². The molecule has 4 rings (SSSR count). The maximum Gasteiger partial charge on any atom is 0.257 e. The van der Waals surface area contributed by atoms with Gasteiger partial charge in [-0.15, -0.1) is 0 Å². The maximum absolute atomic E-state index is 12.6. The predicted molar refractivity (Wildman–Crippen MR) is 111 cm³/mol. The summed E-state index contributed by atoms with van der Waals surface area (Å²) in [6.07, 6.45) is 4.18. The molecule has 1 aliphatic rings. The van der Waals surface area contributed by atoms with Gasteiger partial charge in [0.25, 0.3) is 6.43 Å². The fourth-order valence-electron chi connectivity index (χ4n) is 3.55. The molecule has 0 unspecified atom stereocenters. The van der Waals surface area contributed by atoms with Gasteiger partial charge < -0.3 is 19.9 Å². The number of alkyl halides is 2. The van der Waals surface area contributed by atoms with Gasteiger partial charge in [0.2, 0.25) is 17.7 Å². The lowest BCUT2D eigenvalue weighted by molar-refractivity contribution is -0.128. The molecule has 1 saturated heterocycles. The molecule has 1 atom stereocenters. The largest absolute Gasteiger partial charge is 0.472 e. The van der Waals surface area contributed by atoms with Gasteiger partial charge in [-0.2, -0.15) is 20.3 Å². The minimum atomic E-state index is -2.53. The van der Waals surface area contributed by atoms with E-state index in [-0.39, 0.29) is 23.8 Å². The van der Waals surface area contributed by atoms with Crippen LogP contribution >= 0.6 is 0 Å². The molecule has 32 heavy (non-hydrogen) atoms. The summed E-state index contributed by atoms with van der Waals surface area (Å²) in [7, 11) is 0. The van der Waals surface area contributed by atoms with Gasteiger partial charge in [0.1, 0.15) is 24.4 Å². The standard InChI is InChI=1S/C20H20F2N8O2/c1-2-16(31)29-5-3-4-14(10-29)32-19-17-12(6-23)7-24-18(17)27-20(28-19)26-13-8-25-30(9-13)11-15(21)22/h2,7-9,14-15H,1,3-5,10-11H2,(H2,24,26,27,28)/t14-/m1/s1. The van der Waals surface area contributed by atoms with Crippen molar-refractivity contribution in [1.29, 1.82) is 5.26 Å². The number of hydrogen-bond donors (Lipinski definition) is 2. The highest BCUT2D eigenvalue weighted by atomic mass is 19.3. The number of aromatic amines is 1. The molecular formula is C20H20F2N8O2. The number of H-pyrrole nitrogens is 1.